The Labute approximate surface area is 89.1 Å². The Hall–Kier alpha value is -1.88. The van der Waals surface area contributed by atoms with E-state index in [4.69, 9.17) is 4.42 Å². The second kappa shape index (κ2) is 3.36. The maximum atomic E-state index is 5.52. The molecule has 3 aromatic rings. The minimum absolute atomic E-state index is 0.790. The van der Waals surface area contributed by atoms with Crippen molar-refractivity contribution >= 4 is 32.7 Å². The number of H-pyrrole nitrogens is 1. The van der Waals surface area contributed by atoms with Crippen molar-refractivity contribution in [3.8, 4) is 0 Å². The summed E-state index contributed by atoms with van der Waals surface area (Å²) in [5.74, 6) is 0. The molecule has 0 fully saturated rings. The molecule has 0 aliphatic rings. The minimum atomic E-state index is 0.790. The van der Waals surface area contributed by atoms with E-state index in [1.165, 1.54) is 11.5 Å². The lowest BCUT2D eigenvalue weighted by Crippen LogP contribution is -1.74. The maximum absolute atomic E-state index is 5.52. The Morgan fingerprint density at radius 3 is 3.33 bits per heavy atom. The van der Waals surface area contributed by atoms with Gasteiger partial charge in [-0.1, -0.05) is 0 Å². The van der Waals surface area contributed by atoms with E-state index < -0.39 is 0 Å². The van der Waals surface area contributed by atoms with Gasteiger partial charge in [-0.2, -0.15) is 4.37 Å². The van der Waals surface area contributed by atoms with Crippen LogP contribution in [-0.2, 0) is 0 Å². The van der Waals surface area contributed by atoms with Crippen LogP contribution >= 0.6 is 11.5 Å². The molecule has 3 rings (SSSR count). The molecule has 0 saturated carbocycles. The van der Waals surface area contributed by atoms with Crippen molar-refractivity contribution in [3.63, 3.8) is 0 Å². The molecule has 0 spiro atoms. The van der Waals surface area contributed by atoms with Crippen LogP contribution in [0.4, 0.5) is 0 Å². The van der Waals surface area contributed by atoms with Crippen LogP contribution in [-0.4, -0.2) is 14.3 Å². The molecule has 0 amide bonds. The van der Waals surface area contributed by atoms with Crippen LogP contribution in [0.2, 0.25) is 0 Å². The normalized spacial score (nSPS) is 10.7. The third-order valence-corrected chi connectivity index (χ3v) is 2.86. The zero-order valence-corrected chi connectivity index (χ0v) is 8.49. The lowest BCUT2D eigenvalue weighted by Gasteiger charge is -1.90. The highest BCUT2D eigenvalue weighted by Crippen LogP contribution is 2.16. The van der Waals surface area contributed by atoms with Gasteiger partial charge in [0.15, 0.2) is 5.58 Å². The van der Waals surface area contributed by atoms with Gasteiger partial charge in [-0.05, 0) is 17.6 Å². The van der Waals surface area contributed by atoms with E-state index in [1.54, 1.807) is 24.9 Å². The standard InChI is InChI=1S/C10H7N3OS/c1-2-11-3-7-6-14-9-4-12-5-10(9)15-13-8(1)7/h1-6,12H. The van der Waals surface area contributed by atoms with Gasteiger partial charge >= 0.3 is 0 Å². The molecule has 0 aromatic carbocycles. The summed E-state index contributed by atoms with van der Waals surface area (Å²) >= 11 is 1.39. The average molecular weight is 217 g/mol. The van der Waals surface area contributed by atoms with Gasteiger partial charge in [0, 0.05) is 24.8 Å². The van der Waals surface area contributed by atoms with E-state index in [-0.39, 0.29) is 0 Å². The van der Waals surface area contributed by atoms with Crippen molar-refractivity contribution in [1.82, 2.24) is 14.3 Å². The van der Waals surface area contributed by atoms with E-state index in [2.05, 4.69) is 14.3 Å². The first-order chi connectivity index (χ1) is 7.43. The predicted molar refractivity (Wildman–Crippen MR) is 59.2 cm³/mol. The van der Waals surface area contributed by atoms with Gasteiger partial charge < -0.3 is 9.40 Å². The lowest BCUT2D eigenvalue weighted by atomic mass is 10.3. The summed E-state index contributed by atoms with van der Waals surface area (Å²) in [6.07, 6.45) is 8.78. The van der Waals surface area contributed by atoms with Gasteiger partial charge in [-0.25, -0.2) is 0 Å². The Morgan fingerprint density at radius 2 is 2.33 bits per heavy atom. The topological polar surface area (TPSA) is 54.7 Å². The molecular weight excluding hydrogens is 210 g/mol. The van der Waals surface area contributed by atoms with Gasteiger partial charge in [-0.3, -0.25) is 4.98 Å². The molecule has 0 aliphatic carbocycles. The van der Waals surface area contributed by atoms with Gasteiger partial charge in [0.05, 0.1) is 10.9 Å². The number of nitrogens with zero attached hydrogens (tertiary/aromatic N) is 2. The zero-order valence-electron chi connectivity index (χ0n) is 7.68. The summed E-state index contributed by atoms with van der Waals surface area (Å²) in [6, 6.07) is 1.86. The first kappa shape index (κ1) is 8.43. The molecule has 0 saturated heterocycles. The molecule has 3 heterocycles. The number of aromatic nitrogens is 3. The molecule has 0 unspecified atom stereocenters. The molecule has 0 aliphatic heterocycles. The fourth-order valence-corrected chi connectivity index (χ4v) is 1.98. The number of aromatic amines is 1. The average Bonchev–Trinajstić information content (AvgIpc) is 2.68. The predicted octanol–water partition coefficient (Wildman–Crippen LogP) is 2.89. The van der Waals surface area contributed by atoms with E-state index in [9.17, 15) is 0 Å². The smallest absolute Gasteiger partial charge is 0.162 e. The van der Waals surface area contributed by atoms with Gasteiger partial charge in [0.2, 0.25) is 0 Å². The second-order valence-electron chi connectivity index (χ2n) is 3.04. The minimum Gasteiger partial charge on any atom is -0.461 e. The quantitative estimate of drug-likeness (QED) is 0.630. The van der Waals surface area contributed by atoms with Crippen LogP contribution in [0.5, 0.6) is 0 Å². The van der Waals surface area contributed by atoms with Crippen LogP contribution in [0, 0.1) is 0 Å². The molecule has 1 N–H and O–H groups in total. The summed E-state index contributed by atoms with van der Waals surface area (Å²) < 4.78 is 10.9. The van der Waals surface area contributed by atoms with Gasteiger partial charge in [0.1, 0.15) is 11.0 Å². The van der Waals surface area contributed by atoms with E-state index in [0.717, 1.165) is 21.2 Å². The lowest BCUT2D eigenvalue weighted by molar-refractivity contribution is 0.612. The number of nitrogens with one attached hydrogen (secondary N) is 1. The van der Waals surface area contributed by atoms with Crippen molar-refractivity contribution in [2.45, 2.75) is 0 Å². The molecule has 4 nitrogen and oxygen atoms in total. The van der Waals surface area contributed by atoms with E-state index in [1.807, 2.05) is 12.3 Å². The Kier molecular flexibility index (Phi) is 1.89. The van der Waals surface area contributed by atoms with Gasteiger partial charge in [-0.15, -0.1) is 0 Å². The van der Waals surface area contributed by atoms with Crippen LogP contribution in [0.3, 0.4) is 0 Å². The van der Waals surface area contributed by atoms with Crippen molar-refractivity contribution in [3.05, 3.63) is 37.1 Å². The first-order valence-electron chi connectivity index (χ1n) is 4.42. The summed E-state index contributed by atoms with van der Waals surface area (Å²) in [5.41, 5.74) is 1.67. The molecule has 15 heavy (non-hydrogen) atoms. The zero-order chi connectivity index (χ0) is 10.1. The number of pyridine rings is 1. The van der Waals surface area contributed by atoms with Crippen molar-refractivity contribution in [2.24, 2.45) is 0 Å². The first-order valence-corrected chi connectivity index (χ1v) is 5.19. The molecule has 0 bridgehead atoms. The van der Waals surface area contributed by atoms with Gasteiger partial charge in [0.25, 0.3) is 0 Å². The van der Waals surface area contributed by atoms with E-state index in [0.29, 0.717) is 0 Å². The van der Waals surface area contributed by atoms with Crippen LogP contribution in [0.15, 0.2) is 41.5 Å². The van der Waals surface area contributed by atoms with Crippen molar-refractivity contribution < 1.29 is 4.42 Å². The Morgan fingerprint density at radius 1 is 1.33 bits per heavy atom. The molecular formula is C10H7N3OS. The molecule has 74 valence electrons. The monoisotopic (exact) mass is 217 g/mol. The second-order valence-corrected chi connectivity index (χ2v) is 3.84. The summed E-state index contributed by atoms with van der Waals surface area (Å²) in [7, 11) is 0. The SMILES string of the molecule is c1cc2nsc3c[nH]cc3occ2cn1. The maximum Gasteiger partial charge on any atom is 0.162 e. The third kappa shape index (κ3) is 1.46. The Bertz CT molecular complexity index is 596. The molecule has 3 aromatic heterocycles. The highest BCUT2D eigenvalue weighted by atomic mass is 32.1. The fraction of sp³-hybridized carbons (Fsp3) is 0. The summed E-state index contributed by atoms with van der Waals surface area (Å²) in [6.45, 7) is 0. The van der Waals surface area contributed by atoms with Crippen molar-refractivity contribution in [2.75, 3.05) is 0 Å². The number of rotatable bonds is 0. The molecule has 0 atom stereocenters. The largest absolute Gasteiger partial charge is 0.461 e. The van der Waals surface area contributed by atoms with E-state index >= 15 is 0 Å². The number of hydrogen-bond donors (Lipinski definition) is 1. The highest BCUT2D eigenvalue weighted by molar-refractivity contribution is 7.12. The summed E-state index contributed by atoms with van der Waals surface area (Å²) in [4.78, 5) is 7.01. The third-order valence-electron chi connectivity index (χ3n) is 2.05. The van der Waals surface area contributed by atoms with Crippen molar-refractivity contribution in [1.29, 1.82) is 0 Å². The Balaban J connectivity index is 2.47. The highest BCUT2D eigenvalue weighted by Gasteiger charge is 1.95. The molecule has 0 radical (unpaired) electrons. The number of fused-ring (bicyclic) bond motifs is 2. The van der Waals surface area contributed by atoms with Crippen LogP contribution < -0.4 is 0 Å². The fourth-order valence-electron chi connectivity index (χ4n) is 1.30. The molecule has 5 heteroatoms. The van der Waals surface area contributed by atoms with Crippen LogP contribution in [0.25, 0.3) is 21.2 Å². The number of hydrogen-bond acceptors (Lipinski definition) is 4. The summed E-state index contributed by atoms with van der Waals surface area (Å²) in [5, 5.41) is 0.886. The van der Waals surface area contributed by atoms with Crippen LogP contribution in [0.1, 0.15) is 0 Å².